The van der Waals surface area contributed by atoms with E-state index in [0.717, 1.165) is 0 Å². The molecule has 1 aromatic heterocycles. The molecular weight excluding hydrogens is 353 g/mol. The Hall–Kier alpha value is -1.24. The van der Waals surface area contributed by atoms with Crippen LogP contribution < -0.4 is 11.1 Å². The van der Waals surface area contributed by atoms with Crippen molar-refractivity contribution in [1.29, 1.82) is 0 Å². The van der Waals surface area contributed by atoms with Gasteiger partial charge in [-0.25, -0.2) is 9.78 Å². The van der Waals surface area contributed by atoms with Crippen LogP contribution in [-0.2, 0) is 9.53 Å². The number of nitrogens with two attached hydrogens (primary N) is 1. The number of amides is 1. The quantitative estimate of drug-likeness (QED) is 0.615. The number of aromatic nitrogens is 1. The van der Waals surface area contributed by atoms with Crippen LogP contribution in [0.1, 0.15) is 31.3 Å². The van der Waals surface area contributed by atoms with E-state index in [1.165, 1.54) is 0 Å². The highest BCUT2D eigenvalue weighted by Gasteiger charge is 2.22. The van der Waals surface area contributed by atoms with Crippen LogP contribution in [0.2, 0.25) is 15.2 Å². The highest BCUT2D eigenvalue weighted by Crippen LogP contribution is 2.34. The number of nitrogen functional groups attached to an aromatic ring is 1. The normalized spacial score (nSPS) is 12.1. The van der Waals surface area contributed by atoms with Crippen molar-refractivity contribution in [3.05, 3.63) is 20.9 Å². The molecule has 0 bridgehead atoms. The van der Waals surface area contributed by atoms with Gasteiger partial charge in [0.05, 0.1) is 10.7 Å². The minimum Gasteiger partial charge on any atom is -0.451 e. The van der Waals surface area contributed by atoms with Crippen LogP contribution in [0.3, 0.4) is 0 Å². The predicted octanol–water partition coefficient (Wildman–Crippen LogP) is 2.94. The van der Waals surface area contributed by atoms with Crippen LogP contribution in [-0.4, -0.2) is 29.5 Å². The molecular formula is C13H16Cl3N3O3. The average Bonchev–Trinajstić information content (AvgIpc) is 2.46. The van der Waals surface area contributed by atoms with Gasteiger partial charge in [0.2, 0.25) is 0 Å². The standard InChI is InChI=1S/C13H16Cl3N3O3/c1-5(2)6(3)18-7(20)4-22-13(21)11-8(14)10(17)9(15)12(16)19-11/h5-6H,4H2,1-3H3,(H2,17,19)(H,18,20). The number of anilines is 1. The van der Waals surface area contributed by atoms with Crippen molar-refractivity contribution in [2.75, 3.05) is 12.3 Å². The molecule has 1 amide bonds. The number of esters is 1. The van der Waals surface area contributed by atoms with Crippen LogP contribution in [0.15, 0.2) is 0 Å². The predicted molar refractivity (Wildman–Crippen MR) is 86.4 cm³/mol. The fourth-order valence-electron chi connectivity index (χ4n) is 1.33. The molecule has 0 radical (unpaired) electrons. The number of rotatable bonds is 5. The summed E-state index contributed by atoms with van der Waals surface area (Å²) < 4.78 is 4.85. The number of nitrogens with zero attached hydrogens (tertiary/aromatic N) is 1. The van der Waals surface area contributed by atoms with E-state index in [2.05, 4.69) is 10.3 Å². The zero-order valence-corrected chi connectivity index (χ0v) is 14.5. The van der Waals surface area contributed by atoms with Gasteiger partial charge in [-0.3, -0.25) is 4.79 Å². The van der Waals surface area contributed by atoms with Gasteiger partial charge >= 0.3 is 5.97 Å². The maximum atomic E-state index is 11.9. The van der Waals surface area contributed by atoms with Crippen LogP contribution >= 0.6 is 34.8 Å². The third-order valence-electron chi connectivity index (χ3n) is 2.99. The van der Waals surface area contributed by atoms with Gasteiger partial charge in [-0.15, -0.1) is 0 Å². The van der Waals surface area contributed by atoms with Gasteiger partial charge in [-0.1, -0.05) is 48.7 Å². The van der Waals surface area contributed by atoms with Gasteiger partial charge in [0.25, 0.3) is 5.91 Å². The second kappa shape index (κ2) is 7.85. The summed E-state index contributed by atoms with van der Waals surface area (Å²) in [6.07, 6.45) is 0. The first-order valence-corrected chi connectivity index (χ1v) is 7.55. The van der Waals surface area contributed by atoms with E-state index < -0.39 is 18.5 Å². The Labute approximate surface area is 143 Å². The summed E-state index contributed by atoms with van der Waals surface area (Å²) >= 11 is 17.4. The minimum atomic E-state index is -0.914. The lowest BCUT2D eigenvalue weighted by molar-refractivity contribution is -0.125. The van der Waals surface area contributed by atoms with Crippen LogP contribution in [0.4, 0.5) is 5.69 Å². The van der Waals surface area contributed by atoms with E-state index in [4.69, 9.17) is 45.3 Å². The smallest absolute Gasteiger partial charge is 0.359 e. The molecule has 9 heteroatoms. The summed E-state index contributed by atoms with van der Waals surface area (Å²) in [5, 5.41) is 2.30. The van der Waals surface area contributed by atoms with Crippen molar-refractivity contribution in [2.45, 2.75) is 26.8 Å². The number of ether oxygens (including phenoxy) is 1. The van der Waals surface area contributed by atoms with Gasteiger partial charge in [0, 0.05) is 6.04 Å². The number of pyridine rings is 1. The number of carbonyl (C=O) groups excluding carboxylic acids is 2. The molecule has 0 aliphatic carbocycles. The van der Waals surface area contributed by atoms with Gasteiger partial charge in [0.15, 0.2) is 17.5 Å². The molecule has 0 fully saturated rings. The molecule has 0 saturated heterocycles. The molecule has 1 heterocycles. The highest BCUT2D eigenvalue weighted by atomic mass is 35.5. The third kappa shape index (κ3) is 4.63. The summed E-state index contributed by atoms with van der Waals surface area (Å²) in [6, 6.07) is -0.0477. The van der Waals surface area contributed by atoms with E-state index in [-0.39, 0.29) is 38.5 Å². The molecule has 0 aliphatic heterocycles. The largest absolute Gasteiger partial charge is 0.451 e. The van der Waals surface area contributed by atoms with Gasteiger partial charge < -0.3 is 15.8 Å². The first-order chi connectivity index (χ1) is 10.1. The molecule has 3 N–H and O–H groups in total. The Kier molecular flexibility index (Phi) is 6.71. The molecule has 0 aliphatic rings. The molecule has 22 heavy (non-hydrogen) atoms. The first-order valence-electron chi connectivity index (χ1n) is 6.41. The molecule has 1 rings (SSSR count). The Bertz CT molecular complexity index is 594. The van der Waals surface area contributed by atoms with Crippen molar-refractivity contribution in [1.82, 2.24) is 10.3 Å². The zero-order valence-electron chi connectivity index (χ0n) is 12.2. The van der Waals surface area contributed by atoms with Crippen molar-refractivity contribution < 1.29 is 14.3 Å². The summed E-state index contributed by atoms with van der Waals surface area (Å²) in [5.41, 5.74) is 5.23. The third-order valence-corrected chi connectivity index (χ3v) is 4.12. The second-order valence-corrected chi connectivity index (χ2v) is 6.08. The highest BCUT2D eigenvalue weighted by molar-refractivity contribution is 6.46. The number of hydrogen-bond donors (Lipinski definition) is 2. The molecule has 1 atom stereocenters. The molecule has 0 aromatic carbocycles. The Balaban J connectivity index is 2.73. The van der Waals surface area contributed by atoms with Gasteiger partial charge in [-0.2, -0.15) is 0 Å². The fourth-order valence-corrected chi connectivity index (χ4v) is 1.91. The Morgan fingerprint density at radius 3 is 2.36 bits per heavy atom. The number of halogens is 3. The SMILES string of the molecule is CC(C)C(C)NC(=O)COC(=O)c1nc(Cl)c(Cl)c(N)c1Cl. The average molecular weight is 369 g/mol. The van der Waals surface area contributed by atoms with Crippen molar-refractivity contribution >= 4 is 52.4 Å². The van der Waals surface area contributed by atoms with Crippen molar-refractivity contribution in [3.63, 3.8) is 0 Å². The van der Waals surface area contributed by atoms with Crippen LogP contribution in [0.5, 0.6) is 0 Å². The molecule has 1 unspecified atom stereocenters. The lowest BCUT2D eigenvalue weighted by atomic mass is 10.1. The number of hydrogen-bond acceptors (Lipinski definition) is 5. The lowest BCUT2D eigenvalue weighted by Gasteiger charge is -2.17. The summed E-state index contributed by atoms with van der Waals surface area (Å²) in [6.45, 7) is 5.30. The van der Waals surface area contributed by atoms with Crippen LogP contribution in [0, 0.1) is 5.92 Å². The van der Waals surface area contributed by atoms with Gasteiger partial charge in [-0.05, 0) is 12.8 Å². The van der Waals surface area contributed by atoms with E-state index >= 15 is 0 Å². The van der Waals surface area contributed by atoms with Crippen molar-refractivity contribution in [3.8, 4) is 0 Å². The maximum absolute atomic E-state index is 11.9. The minimum absolute atomic E-state index is 0.0477. The van der Waals surface area contributed by atoms with E-state index in [1.54, 1.807) is 0 Å². The molecule has 0 spiro atoms. The van der Waals surface area contributed by atoms with Crippen LogP contribution in [0.25, 0.3) is 0 Å². The Morgan fingerprint density at radius 1 is 1.23 bits per heavy atom. The second-order valence-electron chi connectivity index (χ2n) is 4.97. The monoisotopic (exact) mass is 367 g/mol. The molecule has 1 aromatic rings. The Morgan fingerprint density at radius 2 is 1.82 bits per heavy atom. The van der Waals surface area contributed by atoms with Gasteiger partial charge in [0.1, 0.15) is 5.02 Å². The fraction of sp³-hybridized carbons (Fsp3) is 0.462. The van der Waals surface area contributed by atoms with E-state index in [1.807, 2.05) is 20.8 Å². The lowest BCUT2D eigenvalue weighted by Crippen LogP contribution is -2.38. The summed E-state index contributed by atoms with van der Waals surface area (Å²) in [4.78, 5) is 27.3. The maximum Gasteiger partial charge on any atom is 0.359 e. The number of nitrogens with one attached hydrogen (secondary N) is 1. The van der Waals surface area contributed by atoms with E-state index in [9.17, 15) is 9.59 Å². The first kappa shape index (κ1) is 18.8. The number of carbonyl (C=O) groups is 2. The molecule has 0 saturated carbocycles. The summed E-state index contributed by atoms with van der Waals surface area (Å²) in [5.74, 6) is -1.09. The van der Waals surface area contributed by atoms with Crippen molar-refractivity contribution in [2.24, 2.45) is 5.92 Å². The molecule has 6 nitrogen and oxygen atoms in total. The van der Waals surface area contributed by atoms with E-state index in [0.29, 0.717) is 0 Å². The summed E-state index contributed by atoms with van der Waals surface area (Å²) in [7, 11) is 0. The zero-order chi connectivity index (χ0) is 17.0. The topological polar surface area (TPSA) is 94.3 Å². The molecule has 122 valence electrons.